The maximum absolute atomic E-state index is 13.6. The van der Waals surface area contributed by atoms with Gasteiger partial charge in [0, 0.05) is 23.1 Å². The van der Waals surface area contributed by atoms with E-state index in [0.29, 0.717) is 36.8 Å². The average molecular weight is 537 g/mol. The monoisotopic (exact) mass is 536 g/mol. The number of fused-ring (bicyclic) bond motifs is 5. The van der Waals surface area contributed by atoms with Crippen molar-refractivity contribution in [3.05, 3.63) is 35.6 Å². The van der Waals surface area contributed by atoms with Gasteiger partial charge in [-0.3, -0.25) is 9.59 Å². The van der Waals surface area contributed by atoms with Crippen molar-refractivity contribution in [2.75, 3.05) is 0 Å². The Morgan fingerprint density at radius 2 is 1.76 bits per heavy atom. The summed E-state index contributed by atoms with van der Waals surface area (Å²) >= 11 is 0. The number of rotatable bonds is 2. The van der Waals surface area contributed by atoms with Gasteiger partial charge < -0.3 is 10.6 Å². The Kier molecular flexibility index (Phi) is 6.15. The molecule has 0 aromatic rings. The SMILES string of the molecule is C[C@]12C=CC(=O)N[C@@H]1CCC1[C@@H]2CC[C@]2(C)[C@@H](C(=O)N[13C]3=[13CH][13C](C(F)(F)F)=[13CH][13CH2][13CH]3C(F)(F)F)CC[C@@H]12. The fraction of sp³-hybridized carbons (Fsp3) is 0.704. The number of carbonyl (C=O) groups excluding carboxylic acids is 2. The van der Waals surface area contributed by atoms with E-state index in [2.05, 4.69) is 17.6 Å². The van der Waals surface area contributed by atoms with Crippen LogP contribution < -0.4 is 10.6 Å². The largest absolute Gasteiger partial charge is 0.416 e. The Bertz CT molecular complexity index is 1080. The number of hydrogen-bond donors (Lipinski definition) is 2. The molecule has 4 nitrogen and oxygen atoms in total. The number of alkyl halides is 6. The van der Waals surface area contributed by atoms with E-state index in [1.165, 1.54) is 0 Å². The van der Waals surface area contributed by atoms with Gasteiger partial charge in [-0.05, 0) is 80.3 Å². The lowest BCUT2D eigenvalue weighted by atomic mass is 9.48. The zero-order valence-corrected chi connectivity index (χ0v) is 20.8. The number of allylic oxidation sites excluding steroid dienone is 4. The lowest BCUT2D eigenvalue weighted by molar-refractivity contribution is -0.166. The molecule has 3 fully saturated rings. The predicted molar refractivity (Wildman–Crippen MR) is 123 cm³/mol. The van der Waals surface area contributed by atoms with Gasteiger partial charge in [-0.15, -0.1) is 0 Å². The molecule has 0 bridgehead atoms. The molecule has 37 heavy (non-hydrogen) atoms. The van der Waals surface area contributed by atoms with E-state index >= 15 is 0 Å². The first-order chi connectivity index (χ1) is 17.1. The van der Waals surface area contributed by atoms with Gasteiger partial charge in [0.15, 0.2) is 0 Å². The number of amides is 2. The molecular formula is C27H32F6N2O2. The second-order valence-corrected chi connectivity index (χ2v) is 12.0. The number of nitrogens with one attached hydrogen (secondary N) is 2. The zero-order chi connectivity index (χ0) is 27.0. The third-order valence-corrected chi connectivity index (χ3v) is 10.3. The standard InChI is InChI=1S/C27H32F6N2O2/c1-24-11-9-17-15(4-8-21-25(17,2)12-10-22(36)35-21)16(24)6-7-19(24)23(37)34-20-13-14(26(28,29)30)3-5-18(20)27(31,32)33/h3,10,12-13,15-19,21H,4-9,11H2,1-2H3,(H,34,37)(H,35,36)/t15?,16-,17-,18?,19+,21+,24-,25+/m0/s1/i3+1,5+1,13+1,14+1,18+1,20+1. The van der Waals surface area contributed by atoms with E-state index in [9.17, 15) is 35.9 Å². The highest BCUT2D eigenvalue weighted by Crippen LogP contribution is 2.65. The van der Waals surface area contributed by atoms with Gasteiger partial charge in [0.05, 0.1) is 11.5 Å². The second kappa shape index (κ2) is 8.63. The molecule has 10 heteroatoms. The van der Waals surface area contributed by atoms with Crippen LogP contribution in [0, 0.1) is 40.4 Å². The normalized spacial score (nSPS) is 41.6. The van der Waals surface area contributed by atoms with Crippen molar-refractivity contribution in [3.63, 3.8) is 0 Å². The number of carbonyl (C=O) groups is 2. The lowest BCUT2D eigenvalue weighted by Gasteiger charge is -2.58. The van der Waals surface area contributed by atoms with Crippen LogP contribution in [0.1, 0.15) is 58.8 Å². The first kappa shape index (κ1) is 26.4. The Balaban J connectivity index is 1.37. The van der Waals surface area contributed by atoms with E-state index < -0.39 is 53.2 Å². The molecule has 2 N–H and O–H groups in total. The summed E-state index contributed by atoms with van der Waals surface area (Å²) in [6.45, 7) is 4.19. The van der Waals surface area contributed by atoms with E-state index in [-0.39, 0.29) is 23.3 Å². The molecule has 2 unspecified atom stereocenters. The minimum atomic E-state index is -4.79. The molecule has 0 saturated heterocycles. The molecule has 0 spiro atoms. The maximum atomic E-state index is 13.6. The third-order valence-electron chi connectivity index (χ3n) is 10.3. The Hall–Kier alpha value is -2.26. The quantitative estimate of drug-likeness (QED) is 0.338. The van der Waals surface area contributed by atoms with Crippen LogP contribution >= 0.6 is 0 Å². The summed E-state index contributed by atoms with van der Waals surface area (Å²) in [4.78, 5) is 25.3. The number of hydrogen-bond acceptors (Lipinski definition) is 2. The van der Waals surface area contributed by atoms with Gasteiger partial charge in [0.25, 0.3) is 0 Å². The molecule has 2 amide bonds. The van der Waals surface area contributed by atoms with Gasteiger partial charge in [-0.25, -0.2) is 0 Å². The van der Waals surface area contributed by atoms with Crippen LogP contribution in [0.15, 0.2) is 35.6 Å². The van der Waals surface area contributed by atoms with Crippen LogP contribution in [0.4, 0.5) is 26.3 Å². The number of halogens is 6. The fourth-order valence-electron chi connectivity index (χ4n) is 8.32. The zero-order valence-electron chi connectivity index (χ0n) is 20.8. The predicted octanol–water partition coefficient (Wildman–Crippen LogP) is 5.97. The molecule has 5 aliphatic rings. The van der Waals surface area contributed by atoms with Gasteiger partial charge in [-0.2, -0.15) is 26.3 Å². The van der Waals surface area contributed by atoms with E-state index in [0.717, 1.165) is 25.7 Å². The highest BCUT2D eigenvalue weighted by Gasteiger charge is 2.61. The van der Waals surface area contributed by atoms with Crippen molar-refractivity contribution < 1.29 is 35.9 Å². The molecule has 0 aromatic heterocycles. The Morgan fingerprint density at radius 1 is 1.03 bits per heavy atom. The summed E-state index contributed by atoms with van der Waals surface area (Å²) in [5.41, 5.74) is -2.52. The maximum Gasteiger partial charge on any atom is 0.416 e. The van der Waals surface area contributed by atoms with Gasteiger partial charge in [0.1, 0.15) is 0 Å². The molecule has 0 radical (unpaired) electrons. The van der Waals surface area contributed by atoms with Crippen LogP contribution in [0.5, 0.6) is 0 Å². The summed E-state index contributed by atoms with van der Waals surface area (Å²) in [7, 11) is 0. The summed E-state index contributed by atoms with van der Waals surface area (Å²) in [6.07, 6.45) is -1.33. The molecule has 1 aliphatic heterocycles. The Labute approximate surface area is 212 Å². The molecule has 5 rings (SSSR count). The molecule has 0 aromatic carbocycles. The third kappa shape index (κ3) is 4.32. The van der Waals surface area contributed by atoms with Crippen molar-refractivity contribution >= 4 is 11.8 Å². The van der Waals surface area contributed by atoms with Crippen LogP contribution in [-0.4, -0.2) is 30.2 Å². The topological polar surface area (TPSA) is 58.2 Å². The van der Waals surface area contributed by atoms with Crippen LogP contribution in [0.25, 0.3) is 0 Å². The van der Waals surface area contributed by atoms with Crippen LogP contribution in [-0.2, 0) is 9.59 Å². The first-order valence-electron chi connectivity index (χ1n) is 13.0. The first-order valence-corrected chi connectivity index (χ1v) is 13.0. The summed E-state index contributed by atoms with van der Waals surface area (Å²) in [5.74, 6) is -2.62. The van der Waals surface area contributed by atoms with Crippen LogP contribution in [0.3, 0.4) is 0 Å². The molecule has 1 heterocycles. The summed E-state index contributed by atoms with van der Waals surface area (Å²) < 4.78 is 80.7. The molecule has 4 aliphatic carbocycles. The highest BCUT2D eigenvalue weighted by atomic mass is 19.4. The van der Waals surface area contributed by atoms with Crippen LogP contribution in [0.2, 0.25) is 0 Å². The Morgan fingerprint density at radius 3 is 2.43 bits per heavy atom. The van der Waals surface area contributed by atoms with Crippen molar-refractivity contribution in [1.82, 2.24) is 10.6 Å². The van der Waals surface area contributed by atoms with Crippen molar-refractivity contribution in [2.45, 2.75) is 77.2 Å². The van der Waals surface area contributed by atoms with Gasteiger partial charge >= 0.3 is 12.4 Å². The van der Waals surface area contributed by atoms with Crippen molar-refractivity contribution in [1.29, 1.82) is 0 Å². The van der Waals surface area contributed by atoms with Crippen molar-refractivity contribution in [2.24, 2.45) is 40.4 Å². The minimum Gasteiger partial charge on any atom is -0.349 e. The highest BCUT2D eigenvalue weighted by molar-refractivity contribution is 5.89. The van der Waals surface area contributed by atoms with E-state index in [1.54, 1.807) is 6.08 Å². The molecule has 204 valence electrons. The second-order valence-electron chi connectivity index (χ2n) is 12.0. The van der Waals surface area contributed by atoms with Crippen molar-refractivity contribution in [3.8, 4) is 0 Å². The fourth-order valence-corrected chi connectivity index (χ4v) is 8.32. The minimum absolute atomic E-state index is 0.0597. The molecular weight excluding hydrogens is 504 g/mol. The lowest BCUT2D eigenvalue weighted by Crippen LogP contribution is -2.59. The van der Waals surface area contributed by atoms with Gasteiger partial charge in [0.2, 0.25) is 11.8 Å². The van der Waals surface area contributed by atoms with Gasteiger partial charge in [-0.1, -0.05) is 26.0 Å². The summed E-state index contributed by atoms with van der Waals surface area (Å²) in [5, 5.41) is 5.40. The molecule has 3 saturated carbocycles. The smallest absolute Gasteiger partial charge is 0.349 e. The summed E-state index contributed by atoms with van der Waals surface area (Å²) in [6, 6.07) is 0.0597. The van der Waals surface area contributed by atoms with E-state index in [4.69, 9.17) is 0 Å². The molecule has 8 atom stereocenters. The van der Waals surface area contributed by atoms with E-state index in [1.807, 2.05) is 13.0 Å². The average Bonchev–Trinajstić information content (AvgIpc) is 3.15.